The van der Waals surface area contributed by atoms with Gasteiger partial charge < -0.3 is 5.32 Å². The molecular weight excluding hydrogens is 238 g/mol. The molecule has 1 heterocycles. The number of hydrogen-bond acceptors (Lipinski definition) is 3. The zero-order valence-electron chi connectivity index (χ0n) is 10.2. The van der Waals surface area contributed by atoms with Gasteiger partial charge in [-0.2, -0.15) is 0 Å². The van der Waals surface area contributed by atoms with Crippen LogP contribution in [-0.2, 0) is 6.42 Å². The molecule has 2 aromatic rings. The van der Waals surface area contributed by atoms with E-state index < -0.39 is 0 Å². The minimum Gasteiger partial charge on any atom is -0.384 e. The molecule has 0 saturated heterocycles. The summed E-state index contributed by atoms with van der Waals surface area (Å²) in [7, 11) is 0. The number of carbonyl (C=O) groups excluding carboxylic acids is 2. The van der Waals surface area contributed by atoms with E-state index in [1.54, 1.807) is 30.3 Å². The molecule has 1 aliphatic carbocycles. The van der Waals surface area contributed by atoms with Crippen LogP contribution in [0.25, 0.3) is 0 Å². The van der Waals surface area contributed by atoms with Crippen LogP contribution in [0.15, 0.2) is 36.4 Å². The average Bonchev–Trinajstić information content (AvgIpc) is 2.92. The van der Waals surface area contributed by atoms with E-state index in [0.717, 1.165) is 24.2 Å². The predicted molar refractivity (Wildman–Crippen MR) is 71.9 cm³/mol. The van der Waals surface area contributed by atoms with E-state index in [9.17, 15) is 9.59 Å². The molecule has 19 heavy (non-hydrogen) atoms. The van der Waals surface area contributed by atoms with Crippen LogP contribution in [0.1, 0.15) is 37.4 Å². The van der Waals surface area contributed by atoms with Crippen molar-refractivity contribution in [2.45, 2.75) is 6.42 Å². The highest BCUT2D eigenvalue weighted by molar-refractivity contribution is 6.29. The summed E-state index contributed by atoms with van der Waals surface area (Å²) in [6.45, 7) is 0.828. The quantitative estimate of drug-likeness (QED) is 0.665. The number of benzene rings is 2. The number of nitrogens with one attached hydrogen (secondary N) is 1. The topological polar surface area (TPSA) is 46.2 Å². The van der Waals surface area contributed by atoms with Gasteiger partial charge in [0.25, 0.3) is 0 Å². The Morgan fingerprint density at radius 2 is 1.58 bits per heavy atom. The highest BCUT2D eigenvalue weighted by atomic mass is 16.1. The molecule has 92 valence electrons. The summed E-state index contributed by atoms with van der Waals surface area (Å²) in [6.07, 6.45) is 0.805. The fourth-order valence-electron chi connectivity index (χ4n) is 3.00. The number of fused-ring (bicyclic) bond motifs is 4. The summed E-state index contributed by atoms with van der Waals surface area (Å²) in [5, 5.41) is 3.25. The Morgan fingerprint density at radius 3 is 2.37 bits per heavy atom. The first-order valence-corrected chi connectivity index (χ1v) is 6.35. The van der Waals surface area contributed by atoms with E-state index in [2.05, 4.69) is 5.32 Å². The molecule has 1 aliphatic heterocycles. The predicted octanol–water partition coefficient (Wildman–Crippen LogP) is 2.43. The summed E-state index contributed by atoms with van der Waals surface area (Å²) < 4.78 is 0. The smallest absolute Gasteiger partial charge is 0.194 e. The van der Waals surface area contributed by atoms with Gasteiger partial charge in [-0.1, -0.05) is 24.3 Å². The van der Waals surface area contributed by atoms with Crippen LogP contribution in [-0.4, -0.2) is 18.1 Å². The van der Waals surface area contributed by atoms with Crippen molar-refractivity contribution in [1.82, 2.24) is 0 Å². The molecule has 0 amide bonds. The normalized spacial score (nSPS) is 15.6. The summed E-state index contributed by atoms with van der Waals surface area (Å²) in [6, 6.07) is 10.7. The van der Waals surface area contributed by atoms with Crippen molar-refractivity contribution in [3.8, 4) is 0 Å². The molecule has 3 nitrogen and oxygen atoms in total. The molecule has 1 N–H and O–H groups in total. The van der Waals surface area contributed by atoms with Gasteiger partial charge in [-0.15, -0.1) is 0 Å². The molecule has 0 radical (unpaired) electrons. The van der Waals surface area contributed by atoms with Crippen LogP contribution < -0.4 is 5.32 Å². The first-order valence-electron chi connectivity index (χ1n) is 6.35. The number of ketones is 2. The van der Waals surface area contributed by atoms with Gasteiger partial charge in [0.15, 0.2) is 11.6 Å². The Balaban J connectivity index is 2.06. The number of rotatable bonds is 0. The molecule has 0 fully saturated rings. The SMILES string of the molecule is O=C1c2ccccc2C(=O)c2c1ccc1c2CCN1. The van der Waals surface area contributed by atoms with Gasteiger partial charge in [0.1, 0.15) is 0 Å². The monoisotopic (exact) mass is 249 g/mol. The van der Waals surface area contributed by atoms with E-state index in [4.69, 9.17) is 0 Å². The number of carbonyl (C=O) groups is 2. The molecule has 0 aromatic heterocycles. The lowest BCUT2D eigenvalue weighted by Crippen LogP contribution is -2.22. The Labute approximate surface area is 110 Å². The lowest BCUT2D eigenvalue weighted by molar-refractivity contribution is 0.0978. The first-order chi connectivity index (χ1) is 9.27. The Kier molecular flexibility index (Phi) is 1.96. The van der Waals surface area contributed by atoms with E-state index >= 15 is 0 Å². The molecule has 2 aliphatic rings. The maximum Gasteiger partial charge on any atom is 0.194 e. The minimum absolute atomic E-state index is 0.0225. The second-order valence-corrected chi connectivity index (χ2v) is 4.89. The van der Waals surface area contributed by atoms with Gasteiger partial charge >= 0.3 is 0 Å². The van der Waals surface area contributed by atoms with E-state index in [1.165, 1.54) is 0 Å². The second-order valence-electron chi connectivity index (χ2n) is 4.89. The molecule has 4 rings (SSSR count). The highest BCUT2D eigenvalue weighted by Gasteiger charge is 2.33. The summed E-state index contributed by atoms with van der Waals surface area (Å²) in [5.41, 5.74) is 4.17. The van der Waals surface area contributed by atoms with Crippen molar-refractivity contribution in [1.29, 1.82) is 0 Å². The van der Waals surface area contributed by atoms with Crippen molar-refractivity contribution < 1.29 is 9.59 Å². The van der Waals surface area contributed by atoms with Gasteiger partial charge in [0.05, 0.1) is 0 Å². The molecule has 2 aromatic carbocycles. The van der Waals surface area contributed by atoms with Crippen molar-refractivity contribution in [3.63, 3.8) is 0 Å². The fourth-order valence-corrected chi connectivity index (χ4v) is 3.00. The first kappa shape index (κ1) is 10.5. The second kappa shape index (κ2) is 3.54. The van der Waals surface area contributed by atoms with Crippen LogP contribution in [0, 0.1) is 0 Å². The van der Waals surface area contributed by atoms with E-state index in [0.29, 0.717) is 22.3 Å². The molecule has 3 heteroatoms. The lowest BCUT2D eigenvalue weighted by Gasteiger charge is -2.19. The largest absolute Gasteiger partial charge is 0.384 e. The fraction of sp³-hybridized carbons (Fsp3) is 0.125. The van der Waals surface area contributed by atoms with E-state index in [-0.39, 0.29) is 11.6 Å². The maximum atomic E-state index is 12.6. The average molecular weight is 249 g/mol. The Bertz CT molecular complexity index is 746. The van der Waals surface area contributed by atoms with Crippen LogP contribution in [0.5, 0.6) is 0 Å². The maximum absolute atomic E-state index is 12.6. The van der Waals surface area contributed by atoms with Crippen LogP contribution in [0.2, 0.25) is 0 Å². The standard InChI is InChI=1S/C16H11NO2/c18-15-9-3-1-2-4-10(9)16(19)14-11-7-8-17-13(11)6-5-12(14)15/h1-6,17H,7-8H2. The van der Waals surface area contributed by atoms with Gasteiger partial charge in [-0.3, -0.25) is 9.59 Å². The van der Waals surface area contributed by atoms with Crippen molar-refractivity contribution in [2.75, 3.05) is 11.9 Å². The van der Waals surface area contributed by atoms with Gasteiger partial charge in [0.2, 0.25) is 0 Å². The Hall–Kier alpha value is -2.42. The molecule has 0 unspecified atom stereocenters. The Morgan fingerprint density at radius 1 is 0.842 bits per heavy atom. The molecular formula is C16H11NO2. The highest BCUT2D eigenvalue weighted by Crippen LogP contribution is 2.35. The third kappa shape index (κ3) is 1.27. The summed E-state index contributed by atoms with van der Waals surface area (Å²) >= 11 is 0. The van der Waals surface area contributed by atoms with Crippen molar-refractivity contribution >= 4 is 17.3 Å². The molecule has 0 spiro atoms. The zero-order chi connectivity index (χ0) is 13.0. The van der Waals surface area contributed by atoms with E-state index in [1.807, 2.05) is 6.07 Å². The molecule has 0 saturated carbocycles. The van der Waals surface area contributed by atoms with Crippen LogP contribution in [0.4, 0.5) is 5.69 Å². The van der Waals surface area contributed by atoms with Crippen molar-refractivity contribution in [3.05, 3.63) is 64.2 Å². The van der Waals surface area contributed by atoms with Gasteiger partial charge in [0, 0.05) is 34.5 Å². The van der Waals surface area contributed by atoms with Crippen LogP contribution >= 0.6 is 0 Å². The van der Waals surface area contributed by atoms with Crippen LogP contribution in [0.3, 0.4) is 0 Å². The lowest BCUT2D eigenvalue weighted by atomic mass is 9.81. The molecule has 0 atom stereocenters. The number of anilines is 1. The zero-order valence-corrected chi connectivity index (χ0v) is 10.2. The van der Waals surface area contributed by atoms with Gasteiger partial charge in [-0.25, -0.2) is 0 Å². The summed E-state index contributed by atoms with van der Waals surface area (Å²) in [5.74, 6) is -0.0642. The minimum atomic E-state index is -0.0418. The molecule has 0 bridgehead atoms. The third-order valence-corrected chi connectivity index (χ3v) is 3.89. The van der Waals surface area contributed by atoms with Gasteiger partial charge in [-0.05, 0) is 24.1 Å². The van der Waals surface area contributed by atoms with Crippen molar-refractivity contribution in [2.24, 2.45) is 0 Å². The third-order valence-electron chi connectivity index (χ3n) is 3.89. The summed E-state index contributed by atoms with van der Waals surface area (Å²) in [4.78, 5) is 25.1. The number of hydrogen-bond donors (Lipinski definition) is 1.